The average Bonchev–Trinajstić information content (AvgIpc) is 2.89. The van der Waals surface area contributed by atoms with Gasteiger partial charge in [-0.05, 0) is 42.0 Å². The van der Waals surface area contributed by atoms with Crippen LogP contribution in [0.1, 0.15) is 16.9 Å². The zero-order chi connectivity index (χ0) is 13.5. The quantitative estimate of drug-likeness (QED) is 0.798. The number of carbonyl (C=O) groups excluding carboxylic acids is 1. The van der Waals surface area contributed by atoms with E-state index >= 15 is 0 Å². The molecule has 0 atom stereocenters. The van der Waals surface area contributed by atoms with Gasteiger partial charge in [-0.25, -0.2) is 0 Å². The van der Waals surface area contributed by atoms with E-state index in [1.807, 2.05) is 35.7 Å². The lowest BCUT2D eigenvalue weighted by Gasteiger charge is -2.06. The number of carbonyl (C=O) groups is 1. The van der Waals surface area contributed by atoms with Crippen molar-refractivity contribution in [2.24, 2.45) is 0 Å². The van der Waals surface area contributed by atoms with Crippen LogP contribution in [0.3, 0.4) is 0 Å². The Morgan fingerprint density at radius 2 is 2.16 bits per heavy atom. The van der Waals surface area contributed by atoms with Crippen LogP contribution in [0.2, 0.25) is 0 Å². The molecule has 1 heterocycles. The summed E-state index contributed by atoms with van der Waals surface area (Å²) in [6, 6.07) is 11.9. The third kappa shape index (κ3) is 4.69. The topological polar surface area (TPSA) is 29.1 Å². The maximum atomic E-state index is 11.9. The highest BCUT2D eigenvalue weighted by molar-refractivity contribution is 7.10. The molecule has 1 aromatic heterocycles. The van der Waals surface area contributed by atoms with Crippen molar-refractivity contribution in [3.05, 3.63) is 52.2 Å². The minimum Gasteiger partial charge on any atom is -0.326 e. The van der Waals surface area contributed by atoms with Gasteiger partial charge in [-0.2, -0.15) is 0 Å². The van der Waals surface area contributed by atoms with Crippen molar-refractivity contribution < 1.29 is 4.79 Å². The molecule has 100 valence electrons. The molecule has 4 heteroatoms. The summed E-state index contributed by atoms with van der Waals surface area (Å²) in [7, 11) is 0. The number of hydrogen-bond acceptors (Lipinski definition) is 2. The Labute approximate surface area is 122 Å². The number of halogens is 1. The smallest absolute Gasteiger partial charge is 0.229 e. The monoisotopic (exact) mass is 293 g/mol. The van der Waals surface area contributed by atoms with Crippen LogP contribution in [0.5, 0.6) is 0 Å². The van der Waals surface area contributed by atoms with E-state index in [0.29, 0.717) is 12.3 Å². The van der Waals surface area contributed by atoms with Gasteiger partial charge in [-0.3, -0.25) is 4.79 Å². The van der Waals surface area contributed by atoms with Crippen LogP contribution in [0.25, 0.3) is 0 Å². The van der Waals surface area contributed by atoms with Crippen LogP contribution in [-0.2, 0) is 17.6 Å². The number of rotatable bonds is 6. The van der Waals surface area contributed by atoms with E-state index in [2.05, 4.69) is 11.4 Å². The summed E-state index contributed by atoms with van der Waals surface area (Å²) in [5.41, 5.74) is 2.06. The summed E-state index contributed by atoms with van der Waals surface area (Å²) in [5, 5.41) is 4.91. The lowest BCUT2D eigenvalue weighted by Crippen LogP contribution is -2.13. The van der Waals surface area contributed by atoms with E-state index in [-0.39, 0.29) is 5.91 Å². The Morgan fingerprint density at radius 1 is 1.26 bits per heavy atom. The van der Waals surface area contributed by atoms with Gasteiger partial charge in [0, 0.05) is 16.4 Å². The summed E-state index contributed by atoms with van der Waals surface area (Å²) in [6.45, 7) is 0. The standard InChI is InChI=1S/C15H16ClNOS/c16-8-2-5-12-4-1-6-13(10-12)17-15(18)11-14-7-3-9-19-14/h1,3-4,6-7,9-10H,2,5,8,11H2,(H,17,18). The zero-order valence-electron chi connectivity index (χ0n) is 10.6. The van der Waals surface area contributed by atoms with Crippen LogP contribution < -0.4 is 5.32 Å². The van der Waals surface area contributed by atoms with Gasteiger partial charge >= 0.3 is 0 Å². The van der Waals surface area contributed by atoms with Crippen LogP contribution in [0.15, 0.2) is 41.8 Å². The second-order valence-electron chi connectivity index (χ2n) is 4.30. The van der Waals surface area contributed by atoms with Crippen molar-refractivity contribution in [3.8, 4) is 0 Å². The van der Waals surface area contributed by atoms with Crippen molar-refractivity contribution in [1.82, 2.24) is 0 Å². The molecule has 0 aliphatic heterocycles. The molecule has 0 radical (unpaired) electrons. The molecule has 2 nitrogen and oxygen atoms in total. The Balaban J connectivity index is 1.92. The zero-order valence-corrected chi connectivity index (χ0v) is 12.1. The van der Waals surface area contributed by atoms with Gasteiger partial charge in [0.2, 0.25) is 5.91 Å². The summed E-state index contributed by atoms with van der Waals surface area (Å²) in [6.07, 6.45) is 2.33. The number of anilines is 1. The van der Waals surface area contributed by atoms with E-state index in [1.54, 1.807) is 11.3 Å². The van der Waals surface area contributed by atoms with Crippen LogP contribution in [-0.4, -0.2) is 11.8 Å². The van der Waals surface area contributed by atoms with Gasteiger partial charge < -0.3 is 5.32 Å². The normalized spacial score (nSPS) is 10.4. The lowest BCUT2D eigenvalue weighted by molar-refractivity contribution is -0.115. The number of nitrogens with one attached hydrogen (secondary N) is 1. The van der Waals surface area contributed by atoms with Gasteiger partial charge in [-0.15, -0.1) is 22.9 Å². The van der Waals surface area contributed by atoms with E-state index < -0.39 is 0 Å². The van der Waals surface area contributed by atoms with Crippen molar-refractivity contribution in [3.63, 3.8) is 0 Å². The summed E-state index contributed by atoms with van der Waals surface area (Å²) >= 11 is 7.29. The summed E-state index contributed by atoms with van der Waals surface area (Å²) in [4.78, 5) is 13.0. The second-order valence-corrected chi connectivity index (χ2v) is 5.71. The molecule has 0 saturated heterocycles. The maximum Gasteiger partial charge on any atom is 0.229 e. The predicted octanol–water partition coefficient (Wildman–Crippen LogP) is 4.10. The molecule has 1 N–H and O–H groups in total. The predicted molar refractivity (Wildman–Crippen MR) is 82.1 cm³/mol. The number of hydrogen-bond donors (Lipinski definition) is 1. The van der Waals surface area contributed by atoms with Crippen LogP contribution >= 0.6 is 22.9 Å². The van der Waals surface area contributed by atoms with Gasteiger partial charge in [0.25, 0.3) is 0 Å². The van der Waals surface area contributed by atoms with Crippen molar-refractivity contribution in [1.29, 1.82) is 0 Å². The van der Waals surface area contributed by atoms with E-state index in [9.17, 15) is 4.79 Å². The van der Waals surface area contributed by atoms with Crippen molar-refractivity contribution >= 4 is 34.5 Å². The Kier molecular flexibility index (Phi) is 5.43. The van der Waals surface area contributed by atoms with Crippen LogP contribution in [0.4, 0.5) is 5.69 Å². The molecule has 0 aliphatic carbocycles. The highest BCUT2D eigenvalue weighted by Crippen LogP contribution is 2.14. The Morgan fingerprint density at radius 3 is 2.89 bits per heavy atom. The first-order valence-corrected chi connectivity index (χ1v) is 7.66. The minimum absolute atomic E-state index is 0.0249. The molecule has 19 heavy (non-hydrogen) atoms. The fourth-order valence-electron chi connectivity index (χ4n) is 1.85. The Bertz CT molecular complexity index is 525. The Hall–Kier alpha value is -1.32. The molecule has 0 saturated carbocycles. The fourth-order valence-corrected chi connectivity index (χ4v) is 2.69. The number of benzene rings is 1. The third-order valence-corrected chi connectivity index (χ3v) is 3.87. The maximum absolute atomic E-state index is 11.9. The number of aryl methyl sites for hydroxylation is 1. The summed E-state index contributed by atoms with van der Waals surface area (Å²) < 4.78 is 0. The van der Waals surface area contributed by atoms with Crippen LogP contribution in [0, 0.1) is 0 Å². The minimum atomic E-state index is 0.0249. The number of thiophene rings is 1. The SMILES string of the molecule is O=C(Cc1cccs1)Nc1cccc(CCCCl)c1. The molecular weight excluding hydrogens is 278 g/mol. The molecule has 0 spiro atoms. The van der Waals surface area contributed by atoms with Crippen molar-refractivity contribution in [2.75, 3.05) is 11.2 Å². The molecule has 0 bridgehead atoms. The highest BCUT2D eigenvalue weighted by Gasteiger charge is 2.05. The number of alkyl halides is 1. The molecule has 2 rings (SSSR count). The lowest BCUT2D eigenvalue weighted by atomic mass is 10.1. The van der Waals surface area contributed by atoms with Gasteiger partial charge in [0.1, 0.15) is 0 Å². The first-order valence-electron chi connectivity index (χ1n) is 6.25. The van der Waals surface area contributed by atoms with E-state index in [1.165, 1.54) is 5.56 Å². The molecule has 0 unspecified atom stereocenters. The van der Waals surface area contributed by atoms with Gasteiger partial charge in [-0.1, -0.05) is 18.2 Å². The van der Waals surface area contributed by atoms with E-state index in [4.69, 9.17) is 11.6 Å². The second kappa shape index (κ2) is 7.31. The van der Waals surface area contributed by atoms with Gasteiger partial charge in [0.15, 0.2) is 0 Å². The first-order chi connectivity index (χ1) is 9.28. The first kappa shape index (κ1) is 14.1. The van der Waals surface area contributed by atoms with Crippen molar-refractivity contribution in [2.45, 2.75) is 19.3 Å². The molecule has 0 fully saturated rings. The van der Waals surface area contributed by atoms with Gasteiger partial charge in [0.05, 0.1) is 6.42 Å². The number of amides is 1. The molecule has 1 aromatic carbocycles. The molecule has 2 aromatic rings. The largest absolute Gasteiger partial charge is 0.326 e. The highest BCUT2D eigenvalue weighted by atomic mass is 35.5. The van der Waals surface area contributed by atoms with E-state index in [0.717, 1.165) is 23.4 Å². The molecular formula is C15H16ClNOS. The summed E-state index contributed by atoms with van der Waals surface area (Å²) in [5.74, 6) is 0.687. The average molecular weight is 294 g/mol. The third-order valence-electron chi connectivity index (χ3n) is 2.72. The molecule has 1 amide bonds. The molecule has 0 aliphatic rings. The fraction of sp³-hybridized carbons (Fsp3) is 0.267.